The van der Waals surface area contributed by atoms with Gasteiger partial charge in [-0.3, -0.25) is 10.1 Å². The molecule has 2 N–H and O–H groups in total. The van der Waals surface area contributed by atoms with Crippen LogP contribution in [0.1, 0.15) is 19.3 Å². The van der Waals surface area contributed by atoms with E-state index in [1.54, 1.807) is 0 Å². The summed E-state index contributed by atoms with van der Waals surface area (Å²) >= 11 is 5.72. The summed E-state index contributed by atoms with van der Waals surface area (Å²) in [6, 6.07) is 1.49. The molecule has 7 heteroatoms. The lowest BCUT2D eigenvalue weighted by molar-refractivity contribution is -0.384. The Kier molecular flexibility index (Phi) is 4.33. The fraction of sp³-hybridized carbons (Fsp3) is 0.545. The molecule has 0 aromatic carbocycles. The van der Waals surface area contributed by atoms with Gasteiger partial charge in [0.1, 0.15) is 0 Å². The minimum absolute atomic E-state index is 0.0771. The number of anilines is 1. The molecule has 98 valence electrons. The lowest BCUT2D eigenvalue weighted by Gasteiger charge is -2.16. The summed E-state index contributed by atoms with van der Waals surface area (Å²) in [5.41, 5.74) is -0.0771. The molecule has 0 saturated carbocycles. The van der Waals surface area contributed by atoms with Crippen LogP contribution in [-0.2, 0) is 0 Å². The van der Waals surface area contributed by atoms with Crippen molar-refractivity contribution in [1.29, 1.82) is 0 Å². The largest absolute Gasteiger partial charge is 0.360 e. The highest BCUT2D eigenvalue weighted by Gasteiger charge is 2.20. The predicted molar refractivity (Wildman–Crippen MR) is 70.0 cm³/mol. The minimum atomic E-state index is -0.467. The normalized spacial score (nSPS) is 20.2. The van der Waals surface area contributed by atoms with E-state index in [0.717, 1.165) is 32.4 Å². The van der Waals surface area contributed by atoms with Gasteiger partial charge >= 0.3 is 5.69 Å². The highest BCUT2D eigenvalue weighted by atomic mass is 35.5. The Bertz CT molecular complexity index is 433. The average molecular weight is 271 g/mol. The fourth-order valence-corrected chi connectivity index (χ4v) is 2.17. The molecule has 1 aliphatic heterocycles. The van der Waals surface area contributed by atoms with E-state index in [4.69, 9.17) is 11.6 Å². The topological polar surface area (TPSA) is 80.1 Å². The van der Waals surface area contributed by atoms with Gasteiger partial charge in [0.15, 0.2) is 0 Å². The molecule has 0 bridgehead atoms. The zero-order valence-corrected chi connectivity index (χ0v) is 10.6. The van der Waals surface area contributed by atoms with Crippen molar-refractivity contribution < 1.29 is 4.92 Å². The Hall–Kier alpha value is -1.40. The third kappa shape index (κ3) is 3.30. The van der Waals surface area contributed by atoms with Gasteiger partial charge in [0.2, 0.25) is 5.82 Å². The molecular weight excluding hydrogens is 256 g/mol. The molecule has 2 rings (SSSR count). The molecule has 0 amide bonds. The smallest absolute Gasteiger partial charge is 0.312 e. The van der Waals surface area contributed by atoms with Crippen molar-refractivity contribution in [1.82, 2.24) is 10.3 Å². The van der Waals surface area contributed by atoms with E-state index in [0.29, 0.717) is 0 Å². The molecule has 1 fully saturated rings. The Labute approximate surface area is 110 Å². The van der Waals surface area contributed by atoms with Gasteiger partial charge in [-0.2, -0.15) is 0 Å². The van der Waals surface area contributed by atoms with Gasteiger partial charge in [-0.05, 0) is 19.4 Å². The van der Waals surface area contributed by atoms with Crippen molar-refractivity contribution in [2.24, 2.45) is 0 Å². The lowest BCUT2D eigenvalue weighted by atomic mass is 10.1. The Morgan fingerprint density at radius 2 is 2.39 bits per heavy atom. The number of pyridine rings is 1. The van der Waals surface area contributed by atoms with Crippen molar-refractivity contribution in [3.05, 3.63) is 27.4 Å². The van der Waals surface area contributed by atoms with E-state index in [1.807, 2.05) is 0 Å². The SMILES string of the molecule is O=[N+]([O-])c1cc(Cl)cnc1NC1CCCCNC1. The maximum Gasteiger partial charge on any atom is 0.312 e. The summed E-state index contributed by atoms with van der Waals surface area (Å²) in [6.45, 7) is 1.79. The Balaban J connectivity index is 2.14. The van der Waals surface area contributed by atoms with Gasteiger partial charge in [0.05, 0.1) is 9.95 Å². The second-order valence-electron chi connectivity index (χ2n) is 4.32. The average Bonchev–Trinajstić information content (AvgIpc) is 2.60. The van der Waals surface area contributed by atoms with Gasteiger partial charge < -0.3 is 10.6 Å². The Morgan fingerprint density at radius 1 is 1.56 bits per heavy atom. The predicted octanol–water partition coefficient (Wildman–Crippen LogP) is 2.20. The van der Waals surface area contributed by atoms with E-state index < -0.39 is 4.92 Å². The maximum atomic E-state index is 10.9. The zero-order valence-electron chi connectivity index (χ0n) is 9.86. The van der Waals surface area contributed by atoms with Crippen LogP contribution in [0.2, 0.25) is 5.02 Å². The number of nitrogens with one attached hydrogen (secondary N) is 2. The lowest BCUT2D eigenvalue weighted by Crippen LogP contribution is -2.31. The van der Waals surface area contributed by atoms with Gasteiger partial charge in [0.25, 0.3) is 0 Å². The zero-order chi connectivity index (χ0) is 13.0. The summed E-state index contributed by atoms with van der Waals surface area (Å²) in [7, 11) is 0. The van der Waals surface area contributed by atoms with E-state index in [9.17, 15) is 10.1 Å². The van der Waals surface area contributed by atoms with E-state index in [2.05, 4.69) is 15.6 Å². The van der Waals surface area contributed by atoms with Gasteiger partial charge in [-0.25, -0.2) is 4.98 Å². The second kappa shape index (κ2) is 5.97. The summed E-state index contributed by atoms with van der Waals surface area (Å²) in [5, 5.41) is 17.6. The second-order valence-corrected chi connectivity index (χ2v) is 4.76. The van der Waals surface area contributed by atoms with Crippen LogP contribution in [0.5, 0.6) is 0 Å². The summed E-state index contributed by atoms with van der Waals surface area (Å²) in [6.07, 6.45) is 4.63. The van der Waals surface area contributed by atoms with Crippen LogP contribution in [0.4, 0.5) is 11.5 Å². The molecule has 1 aromatic rings. The molecule has 1 saturated heterocycles. The maximum absolute atomic E-state index is 10.9. The third-order valence-electron chi connectivity index (χ3n) is 2.92. The van der Waals surface area contributed by atoms with Crippen LogP contribution in [0, 0.1) is 10.1 Å². The van der Waals surface area contributed by atoms with Crippen LogP contribution in [0.15, 0.2) is 12.3 Å². The number of rotatable bonds is 3. The summed E-state index contributed by atoms with van der Waals surface area (Å²) in [4.78, 5) is 14.5. The van der Waals surface area contributed by atoms with E-state index in [-0.39, 0.29) is 22.6 Å². The molecule has 1 aromatic heterocycles. The number of nitro groups is 1. The van der Waals surface area contributed by atoms with Crippen molar-refractivity contribution in [2.45, 2.75) is 25.3 Å². The molecule has 1 aliphatic rings. The minimum Gasteiger partial charge on any atom is -0.360 e. The van der Waals surface area contributed by atoms with Gasteiger partial charge in [-0.1, -0.05) is 18.0 Å². The van der Waals surface area contributed by atoms with Crippen LogP contribution in [0.25, 0.3) is 0 Å². The molecule has 0 radical (unpaired) electrons. The first kappa shape index (κ1) is 13.0. The highest BCUT2D eigenvalue weighted by molar-refractivity contribution is 6.30. The van der Waals surface area contributed by atoms with Crippen molar-refractivity contribution in [3.63, 3.8) is 0 Å². The molecular formula is C11H15ClN4O2. The molecule has 0 aliphatic carbocycles. The molecule has 1 unspecified atom stereocenters. The van der Waals surface area contributed by atoms with Crippen molar-refractivity contribution in [2.75, 3.05) is 18.4 Å². The van der Waals surface area contributed by atoms with E-state index >= 15 is 0 Å². The Morgan fingerprint density at radius 3 is 3.17 bits per heavy atom. The van der Waals surface area contributed by atoms with E-state index in [1.165, 1.54) is 12.3 Å². The molecule has 0 spiro atoms. The van der Waals surface area contributed by atoms with Gasteiger partial charge in [-0.15, -0.1) is 0 Å². The number of aromatic nitrogens is 1. The molecule has 6 nitrogen and oxygen atoms in total. The van der Waals surface area contributed by atoms with Crippen LogP contribution in [0.3, 0.4) is 0 Å². The highest BCUT2D eigenvalue weighted by Crippen LogP contribution is 2.26. The fourth-order valence-electron chi connectivity index (χ4n) is 2.01. The number of hydrogen-bond acceptors (Lipinski definition) is 5. The number of halogens is 1. The van der Waals surface area contributed by atoms with Crippen LogP contribution < -0.4 is 10.6 Å². The van der Waals surface area contributed by atoms with Crippen LogP contribution >= 0.6 is 11.6 Å². The molecule has 1 atom stereocenters. The first-order valence-electron chi connectivity index (χ1n) is 5.94. The van der Waals surface area contributed by atoms with Crippen LogP contribution in [-0.4, -0.2) is 29.0 Å². The number of nitrogens with zero attached hydrogens (tertiary/aromatic N) is 2. The number of hydrogen-bond donors (Lipinski definition) is 2. The summed E-state index contributed by atoms with van der Waals surface area (Å²) in [5.74, 6) is 0.290. The molecule has 18 heavy (non-hydrogen) atoms. The van der Waals surface area contributed by atoms with Gasteiger partial charge in [0, 0.05) is 24.8 Å². The summed E-state index contributed by atoms with van der Waals surface area (Å²) < 4.78 is 0. The van der Waals surface area contributed by atoms with Crippen molar-refractivity contribution >= 4 is 23.1 Å². The van der Waals surface area contributed by atoms with Crippen molar-refractivity contribution in [3.8, 4) is 0 Å². The first-order chi connectivity index (χ1) is 8.66. The third-order valence-corrected chi connectivity index (χ3v) is 3.13. The molecule has 2 heterocycles. The quantitative estimate of drug-likeness (QED) is 0.650. The first-order valence-corrected chi connectivity index (χ1v) is 6.32. The standard InChI is InChI=1S/C11H15ClN4O2/c12-8-5-10(16(17)18)11(14-6-8)15-9-3-1-2-4-13-7-9/h5-6,9,13H,1-4,7H2,(H,14,15). The monoisotopic (exact) mass is 270 g/mol.